The van der Waals surface area contributed by atoms with Crippen LogP contribution in [0.3, 0.4) is 0 Å². The van der Waals surface area contributed by atoms with E-state index >= 15 is 0 Å². The SMILES string of the molecule is C#C.C/C=C(\C=C/CN(c1ccccc1)c1ccc(-c2ccc(N(c3ccccc3)c3ccc(N(c4ccccc4)c4ccccc4)cc3)cc2)cc1)N(c1ccccc1)c1ccccc1. The molecule has 4 heteroatoms. The highest BCUT2D eigenvalue weighted by Crippen LogP contribution is 2.40. The Labute approximate surface area is 390 Å². The Hall–Kier alpha value is -8.78. The molecule has 0 N–H and O–H groups in total. The maximum atomic E-state index is 4.00. The van der Waals surface area contributed by atoms with Crippen molar-refractivity contribution >= 4 is 56.9 Å². The van der Waals surface area contributed by atoms with Crippen LogP contribution >= 0.6 is 0 Å². The summed E-state index contributed by atoms with van der Waals surface area (Å²) in [4.78, 5) is 9.26. The van der Waals surface area contributed by atoms with Crippen LogP contribution in [0.2, 0.25) is 0 Å². The van der Waals surface area contributed by atoms with Gasteiger partial charge in [0.15, 0.2) is 0 Å². The van der Waals surface area contributed by atoms with Crippen molar-refractivity contribution in [1.29, 1.82) is 0 Å². The van der Waals surface area contributed by atoms with E-state index in [1.165, 1.54) is 0 Å². The van der Waals surface area contributed by atoms with Crippen LogP contribution in [0.4, 0.5) is 56.9 Å². The fraction of sp³-hybridized carbons (Fsp3) is 0.0323. The van der Waals surface area contributed by atoms with Crippen molar-refractivity contribution in [1.82, 2.24) is 0 Å². The number of hydrogen-bond donors (Lipinski definition) is 0. The predicted molar refractivity (Wildman–Crippen MR) is 283 cm³/mol. The molecule has 0 saturated carbocycles. The van der Waals surface area contributed by atoms with E-state index in [1.807, 2.05) is 0 Å². The van der Waals surface area contributed by atoms with Gasteiger partial charge in [0.2, 0.25) is 0 Å². The highest BCUT2D eigenvalue weighted by molar-refractivity contribution is 5.82. The first-order chi connectivity index (χ1) is 32.7. The van der Waals surface area contributed by atoms with Gasteiger partial charge in [0.1, 0.15) is 0 Å². The normalized spacial score (nSPS) is 11.0. The fourth-order valence-corrected chi connectivity index (χ4v) is 8.16. The van der Waals surface area contributed by atoms with Gasteiger partial charge >= 0.3 is 0 Å². The molecule has 9 rings (SSSR count). The number of para-hydroxylation sites is 6. The summed E-state index contributed by atoms with van der Waals surface area (Å²) in [6.45, 7) is 2.79. The Morgan fingerprint density at radius 3 is 0.924 bits per heavy atom. The lowest BCUT2D eigenvalue weighted by molar-refractivity contribution is 1.09. The number of benzene rings is 9. The Kier molecular flexibility index (Phi) is 14.6. The van der Waals surface area contributed by atoms with Crippen LogP contribution in [0, 0.1) is 12.8 Å². The van der Waals surface area contributed by atoms with E-state index in [1.54, 1.807) is 0 Å². The van der Waals surface area contributed by atoms with Gasteiger partial charge in [-0.3, -0.25) is 0 Å². The maximum absolute atomic E-state index is 4.00. The van der Waals surface area contributed by atoms with Gasteiger partial charge in [-0.2, -0.15) is 0 Å². The maximum Gasteiger partial charge on any atom is 0.0463 e. The second kappa shape index (κ2) is 22.0. The zero-order valence-electron chi connectivity index (χ0n) is 37.1. The van der Waals surface area contributed by atoms with Crippen molar-refractivity contribution in [2.75, 3.05) is 26.1 Å². The third-order valence-corrected chi connectivity index (χ3v) is 11.3. The molecule has 4 nitrogen and oxygen atoms in total. The Morgan fingerprint density at radius 1 is 0.333 bits per heavy atom. The summed E-state index contributed by atoms with van der Waals surface area (Å²) in [5, 5.41) is 0. The van der Waals surface area contributed by atoms with Crippen LogP contribution in [0.5, 0.6) is 0 Å². The van der Waals surface area contributed by atoms with Crippen molar-refractivity contribution in [3.8, 4) is 24.0 Å². The molecule has 66 heavy (non-hydrogen) atoms. The number of rotatable bonds is 15. The number of anilines is 10. The van der Waals surface area contributed by atoms with Gasteiger partial charge in [0.05, 0.1) is 0 Å². The van der Waals surface area contributed by atoms with Crippen LogP contribution < -0.4 is 19.6 Å². The molecule has 0 aliphatic rings. The number of terminal acetylenes is 1. The number of hydrogen-bond acceptors (Lipinski definition) is 4. The van der Waals surface area contributed by atoms with E-state index in [2.05, 4.69) is 312 Å². The zero-order chi connectivity index (χ0) is 45.3. The molecule has 0 radical (unpaired) electrons. The molecule has 0 unspecified atom stereocenters. The van der Waals surface area contributed by atoms with Crippen LogP contribution in [0.1, 0.15) is 6.92 Å². The summed E-state index contributed by atoms with van der Waals surface area (Å²) in [7, 11) is 0. The quantitative estimate of drug-likeness (QED) is 0.0752. The Bertz CT molecular complexity index is 2840. The van der Waals surface area contributed by atoms with Gasteiger partial charge in [0, 0.05) is 69.1 Å². The average molecular weight is 853 g/mol. The molecule has 0 aliphatic heterocycles. The van der Waals surface area contributed by atoms with Crippen LogP contribution in [-0.2, 0) is 0 Å². The summed E-state index contributed by atoms with van der Waals surface area (Å²) >= 11 is 0. The molecule has 9 aromatic carbocycles. The van der Waals surface area contributed by atoms with Gasteiger partial charge in [-0.15, -0.1) is 12.8 Å². The molecule has 0 aromatic heterocycles. The van der Waals surface area contributed by atoms with E-state index in [9.17, 15) is 0 Å². The van der Waals surface area contributed by atoms with E-state index in [-0.39, 0.29) is 0 Å². The van der Waals surface area contributed by atoms with Gasteiger partial charge in [-0.1, -0.05) is 146 Å². The van der Waals surface area contributed by atoms with Crippen LogP contribution in [-0.4, -0.2) is 6.54 Å². The summed E-state index contributed by atoms with van der Waals surface area (Å²) in [5.41, 5.74) is 14.5. The monoisotopic (exact) mass is 852 g/mol. The minimum Gasteiger partial charge on any atom is -0.338 e. The second-order valence-corrected chi connectivity index (χ2v) is 15.4. The molecule has 0 spiro atoms. The zero-order valence-corrected chi connectivity index (χ0v) is 37.1. The minimum absolute atomic E-state index is 0.694. The molecule has 0 bridgehead atoms. The standard InChI is InChI=1S/C60H50N4.C2H2/c1-2-50(62(53-24-11-4-12-25-53)54-26-13-5-14-27-54)34-21-47-61(51-22-9-3-10-23-51)52-39-35-48(36-40-52)49-37-41-58(42-38-49)64(57-32-19-8-20-33-57)60-45-43-59(44-46-60)63(55-28-15-6-16-29-55)56-30-17-7-18-31-56;1-2/h2-46H,47H2,1H3;1-2H/b34-21-,50-2+;. The Balaban J connectivity index is 0.00000292. The third kappa shape index (κ3) is 10.4. The number of nitrogens with zero attached hydrogens (tertiary/aromatic N) is 4. The molecule has 0 aliphatic carbocycles. The molecule has 0 saturated heterocycles. The van der Waals surface area contributed by atoms with E-state index in [0.717, 1.165) is 73.7 Å². The predicted octanol–water partition coefficient (Wildman–Crippen LogP) is 17.0. The van der Waals surface area contributed by atoms with Gasteiger partial charge in [-0.05, 0) is 145 Å². The van der Waals surface area contributed by atoms with Crippen molar-refractivity contribution in [3.05, 3.63) is 279 Å². The molecule has 320 valence electrons. The summed E-state index contributed by atoms with van der Waals surface area (Å²) in [6, 6.07) is 90.0. The smallest absolute Gasteiger partial charge is 0.0463 e. The van der Waals surface area contributed by atoms with Gasteiger partial charge in [-0.25, -0.2) is 0 Å². The molecular formula is C62H52N4. The highest BCUT2D eigenvalue weighted by Gasteiger charge is 2.17. The number of allylic oxidation sites excluding steroid dienone is 2. The first kappa shape index (κ1) is 43.9. The lowest BCUT2D eigenvalue weighted by Gasteiger charge is -2.28. The van der Waals surface area contributed by atoms with Crippen molar-refractivity contribution in [2.45, 2.75) is 6.92 Å². The average Bonchev–Trinajstić information content (AvgIpc) is 3.40. The van der Waals surface area contributed by atoms with Crippen molar-refractivity contribution in [2.24, 2.45) is 0 Å². The van der Waals surface area contributed by atoms with Gasteiger partial charge < -0.3 is 19.6 Å². The minimum atomic E-state index is 0.694. The summed E-state index contributed by atoms with van der Waals surface area (Å²) in [6.07, 6.45) is 14.6. The topological polar surface area (TPSA) is 13.0 Å². The summed E-state index contributed by atoms with van der Waals surface area (Å²) in [5.74, 6) is 0. The van der Waals surface area contributed by atoms with Gasteiger partial charge in [0.25, 0.3) is 0 Å². The lowest BCUT2D eigenvalue weighted by atomic mass is 10.0. The van der Waals surface area contributed by atoms with E-state index in [4.69, 9.17) is 0 Å². The molecule has 0 fully saturated rings. The molecule has 9 aromatic rings. The fourth-order valence-electron chi connectivity index (χ4n) is 8.16. The van der Waals surface area contributed by atoms with E-state index < -0.39 is 0 Å². The molecule has 0 atom stereocenters. The van der Waals surface area contributed by atoms with Crippen LogP contribution in [0.25, 0.3) is 11.1 Å². The summed E-state index contributed by atoms with van der Waals surface area (Å²) < 4.78 is 0. The van der Waals surface area contributed by atoms with Crippen LogP contribution in [0.15, 0.2) is 279 Å². The largest absolute Gasteiger partial charge is 0.338 e. The Morgan fingerprint density at radius 2 is 0.591 bits per heavy atom. The first-order valence-corrected chi connectivity index (χ1v) is 22.2. The molecule has 0 amide bonds. The molecular weight excluding hydrogens is 801 g/mol. The second-order valence-electron chi connectivity index (χ2n) is 15.4. The van der Waals surface area contributed by atoms with E-state index in [0.29, 0.717) is 6.54 Å². The van der Waals surface area contributed by atoms with Crippen molar-refractivity contribution < 1.29 is 0 Å². The first-order valence-electron chi connectivity index (χ1n) is 22.2. The van der Waals surface area contributed by atoms with Crippen molar-refractivity contribution in [3.63, 3.8) is 0 Å². The highest BCUT2D eigenvalue weighted by atomic mass is 15.2. The molecule has 0 heterocycles. The lowest BCUT2D eigenvalue weighted by Crippen LogP contribution is -2.18. The third-order valence-electron chi connectivity index (χ3n) is 11.3.